The van der Waals surface area contributed by atoms with Crippen molar-refractivity contribution in [2.45, 2.75) is 6.54 Å². The molecule has 0 aliphatic heterocycles. The molecule has 0 spiro atoms. The van der Waals surface area contributed by atoms with Crippen molar-refractivity contribution in [1.82, 2.24) is 9.55 Å². The molecule has 0 aliphatic carbocycles. The van der Waals surface area contributed by atoms with Gasteiger partial charge in [0.2, 0.25) is 11.6 Å². The van der Waals surface area contributed by atoms with Gasteiger partial charge in [0.15, 0.2) is 0 Å². The van der Waals surface area contributed by atoms with E-state index in [9.17, 15) is 4.79 Å². The van der Waals surface area contributed by atoms with E-state index in [0.29, 0.717) is 5.56 Å². The lowest BCUT2D eigenvalue weighted by Gasteiger charge is -2.01. The number of carbonyl (C=O) groups is 1. The second-order valence-corrected chi connectivity index (χ2v) is 3.07. The predicted octanol–water partition coefficient (Wildman–Crippen LogP) is 1.09. The second kappa shape index (κ2) is 3.90. The third-order valence-corrected chi connectivity index (χ3v) is 2.10. The smallest absolute Gasteiger partial charge is 0.372 e. The number of nitrogens with zero attached hydrogens (tertiary/aromatic N) is 3. The number of hydrogen-bond donors (Lipinski definition) is 1. The zero-order valence-corrected chi connectivity index (χ0v) is 8.12. The Morgan fingerprint density at radius 1 is 1.69 bits per heavy atom. The summed E-state index contributed by atoms with van der Waals surface area (Å²) >= 11 is 0. The summed E-state index contributed by atoms with van der Waals surface area (Å²) in [4.78, 5) is 14.6. The molecule has 16 heavy (non-hydrogen) atoms. The van der Waals surface area contributed by atoms with E-state index in [1.807, 2.05) is 6.07 Å². The minimum absolute atomic E-state index is 0.113. The zero-order valence-electron chi connectivity index (χ0n) is 8.12. The standard InChI is InChI=1S/C10H7N3O3/c11-5-8-12-2-3-13(8)6-7-1-4-16-9(7)10(14)15/h1-4H,6H2,(H,14,15). The molecular formula is C10H7N3O3. The number of aromatic nitrogens is 2. The molecule has 80 valence electrons. The summed E-state index contributed by atoms with van der Waals surface area (Å²) < 4.78 is 6.39. The van der Waals surface area contributed by atoms with E-state index >= 15 is 0 Å². The molecule has 0 amide bonds. The van der Waals surface area contributed by atoms with Crippen LogP contribution in [0.5, 0.6) is 0 Å². The summed E-state index contributed by atoms with van der Waals surface area (Å²) in [6.45, 7) is 0.251. The van der Waals surface area contributed by atoms with Crippen molar-refractivity contribution >= 4 is 5.97 Å². The number of carboxylic acids is 1. The number of imidazole rings is 1. The van der Waals surface area contributed by atoms with E-state index < -0.39 is 5.97 Å². The van der Waals surface area contributed by atoms with Gasteiger partial charge in [-0.05, 0) is 6.07 Å². The van der Waals surface area contributed by atoms with Crippen LogP contribution in [0.4, 0.5) is 0 Å². The van der Waals surface area contributed by atoms with Gasteiger partial charge < -0.3 is 14.1 Å². The van der Waals surface area contributed by atoms with Gasteiger partial charge >= 0.3 is 5.97 Å². The Morgan fingerprint density at radius 2 is 2.50 bits per heavy atom. The Balaban J connectivity index is 2.31. The first-order valence-electron chi connectivity index (χ1n) is 4.43. The van der Waals surface area contributed by atoms with Crippen LogP contribution in [-0.4, -0.2) is 20.6 Å². The van der Waals surface area contributed by atoms with Gasteiger partial charge in [-0.15, -0.1) is 0 Å². The van der Waals surface area contributed by atoms with Gasteiger partial charge in [0.25, 0.3) is 0 Å². The van der Waals surface area contributed by atoms with Crippen LogP contribution >= 0.6 is 0 Å². The second-order valence-electron chi connectivity index (χ2n) is 3.07. The first-order chi connectivity index (χ1) is 7.72. The van der Waals surface area contributed by atoms with Crippen molar-refractivity contribution in [1.29, 1.82) is 5.26 Å². The fraction of sp³-hybridized carbons (Fsp3) is 0.100. The third kappa shape index (κ3) is 1.66. The van der Waals surface area contributed by atoms with Crippen molar-refractivity contribution in [2.24, 2.45) is 0 Å². The number of hydrogen-bond acceptors (Lipinski definition) is 4. The van der Waals surface area contributed by atoms with E-state index in [-0.39, 0.29) is 18.1 Å². The highest BCUT2D eigenvalue weighted by Gasteiger charge is 2.15. The van der Waals surface area contributed by atoms with Gasteiger partial charge in [-0.3, -0.25) is 0 Å². The highest BCUT2D eigenvalue weighted by Crippen LogP contribution is 2.13. The van der Waals surface area contributed by atoms with E-state index in [0.717, 1.165) is 0 Å². The topological polar surface area (TPSA) is 92.0 Å². The fourth-order valence-corrected chi connectivity index (χ4v) is 1.38. The Labute approximate surface area is 90.4 Å². The summed E-state index contributed by atoms with van der Waals surface area (Å²) in [6, 6.07) is 3.47. The van der Waals surface area contributed by atoms with E-state index in [1.165, 1.54) is 12.5 Å². The first kappa shape index (κ1) is 9.98. The fourth-order valence-electron chi connectivity index (χ4n) is 1.38. The Hall–Kier alpha value is -2.55. The minimum Gasteiger partial charge on any atom is -0.475 e. The van der Waals surface area contributed by atoms with Crippen molar-refractivity contribution in [3.8, 4) is 6.07 Å². The molecule has 6 heteroatoms. The molecule has 0 saturated heterocycles. The summed E-state index contributed by atoms with van der Waals surface area (Å²) in [5.41, 5.74) is 0.502. The third-order valence-electron chi connectivity index (χ3n) is 2.10. The highest BCUT2D eigenvalue weighted by molar-refractivity contribution is 5.86. The van der Waals surface area contributed by atoms with Crippen molar-refractivity contribution in [3.63, 3.8) is 0 Å². The molecule has 0 bridgehead atoms. The van der Waals surface area contributed by atoms with Crippen LogP contribution < -0.4 is 0 Å². The molecule has 0 aliphatic rings. The molecule has 2 rings (SSSR count). The maximum absolute atomic E-state index is 10.8. The number of furan rings is 1. The van der Waals surface area contributed by atoms with Crippen molar-refractivity contribution < 1.29 is 14.3 Å². The van der Waals surface area contributed by atoms with Crippen LogP contribution in [0.2, 0.25) is 0 Å². The van der Waals surface area contributed by atoms with Gasteiger partial charge in [-0.2, -0.15) is 5.26 Å². The summed E-state index contributed by atoms with van der Waals surface area (Å²) in [6.07, 6.45) is 4.40. The summed E-state index contributed by atoms with van der Waals surface area (Å²) in [7, 11) is 0. The van der Waals surface area contributed by atoms with E-state index in [2.05, 4.69) is 4.98 Å². The van der Waals surface area contributed by atoms with Crippen LogP contribution in [0, 0.1) is 11.3 Å². The number of carboxylic acid groups (broad SMARTS) is 1. The SMILES string of the molecule is N#Cc1nccn1Cc1ccoc1C(=O)O. The van der Waals surface area contributed by atoms with Crippen LogP contribution in [0.25, 0.3) is 0 Å². The number of rotatable bonds is 3. The predicted molar refractivity (Wildman–Crippen MR) is 51.7 cm³/mol. The molecular weight excluding hydrogens is 210 g/mol. The first-order valence-corrected chi connectivity index (χ1v) is 4.43. The summed E-state index contributed by atoms with van der Waals surface area (Å²) in [5, 5.41) is 17.6. The Bertz CT molecular complexity index is 562. The molecule has 2 aromatic heterocycles. The number of aromatic carboxylic acids is 1. The Morgan fingerprint density at radius 3 is 3.19 bits per heavy atom. The monoisotopic (exact) mass is 217 g/mol. The van der Waals surface area contributed by atoms with Crippen LogP contribution in [0.3, 0.4) is 0 Å². The van der Waals surface area contributed by atoms with Crippen molar-refractivity contribution in [3.05, 3.63) is 41.9 Å². The molecule has 2 heterocycles. The molecule has 6 nitrogen and oxygen atoms in total. The van der Waals surface area contributed by atoms with Gasteiger partial charge in [-0.1, -0.05) is 0 Å². The maximum atomic E-state index is 10.8. The lowest BCUT2D eigenvalue weighted by molar-refractivity contribution is 0.0660. The molecule has 0 unspecified atom stereocenters. The molecule has 0 atom stereocenters. The normalized spacial score (nSPS) is 9.94. The minimum atomic E-state index is -1.13. The van der Waals surface area contributed by atoms with Gasteiger partial charge in [0.1, 0.15) is 6.07 Å². The van der Waals surface area contributed by atoms with E-state index in [4.69, 9.17) is 14.8 Å². The average Bonchev–Trinajstić information content (AvgIpc) is 2.86. The maximum Gasteiger partial charge on any atom is 0.372 e. The summed E-state index contributed by atoms with van der Waals surface area (Å²) in [5.74, 6) is -1.01. The highest BCUT2D eigenvalue weighted by atomic mass is 16.4. The largest absolute Gasteiger partial charge is 0.475 e. The zero-order chi connectivity index (χ0) is 11.5. The van der Waals surface area contributed by atoms with Gasteiger partial charge in [0, 0.05) is 18.0 Å². The molecule has 0 saturated carbocycles. The molecule has 2 aromatic rings. The molecule has 0 fully saturated rings. The van der Waals surface area contributed by atoms with E-state index in [1.54, 1.807) is 16.8 Å². The number of nitriles is 1. The average molecular weight is 217 g/mol. The van der Waals surface area contributed by atoms with Crippen LogP contribution in [0.1, 0.15) is 21.9 Å². The van der Waals surface area contributed by atoms with Crippen LogP contribution in [-0.2, 0) is 6.54 Å². The molecule has 0 radical (unpaired) electrons. The van der Waals surface area contributed by atoms with Gasteiger partial charge in [0.05, 0.1) is 12.8 Å². The Kier molecular flexibility index (Phi) is 2.44. The lowest BCUT2D eigenvalue weighted by Crippen LogP contribution is -2.05. The quantitative estimate of drug-likeness (QED) is 0.830. The van der Waals surface area contributed by atoms with Crippen LogP contribution in [0.15, 0.2) is 29.1 Å². The molecule has 1 N–H and O–H groups in total. The lowest BCUT2D eigenvalue weighted by atomic mass is 10.2. The van der Waals surface area contributed by atoms with Gasteiger partial charge in [-0.25, -0.2) is 9.78 Å². The molecule has 0 aromatic carbocycles. The van der Waals surface area contributed by atoms with Crippen molar-refractivity contribution in [2.75, 3.05) is 0 Å².